The Morgan fingerprint density at radius 2 is 1.96 bits per heavy atom. The van der Waals surface area contributed by atoms with Gasteiger partial charge < -0.3 is 10.6 Å². The van der Waals surface area contributed by atoms with Gasteiger partial charge in [0.05, 0.1) is 11.3 Å². The molecule has 2 rings (SSSR count). The van der Waals surface area contributed by atoms with Crippen LogP contribution in [0.15, 0.2) is 42.7 Å². The van der Waals surface area contributed by atoms with Crippen molar-refractivity contribution >= 4 is 23.2 Å². The predicted octanol–water partition coefficient (Wildman–Crippen LogP) is 3.92. The largest absolute Gasteiger partial charge is 0.383 e. The van der Waals surface area contributed by atoms with Crippen LogP contribution >= 0.6 is 11.6 Å². The van der Waals surface area contributed by atoms with E-state index in [9.17, 15) is 4.79 Å². The minimum Gasteiger partial charge on any atom is -0.383 e. The number of benzene rings is 1. The number of aromatic nitrogens is 1. The third kappa shape index (κ3) is 5.91. The van der Waals surface area contributed by atoms with Crippen LogP contribution < -0.4 is 10.6 Å². The lowest BCUT2D eigenvalue weighted by atomic mass is 10.1. The first-order valence-electron chi connectivity index (χ1n) is 7.90. The summed E-state index contributed by atoms with van der Waals surface area (Å²) in [5, 5.41) is 6.93. The molecule has 0 spiro atoms. The van der Waals surface area contributed by atoms with Crippen molar-refractivity contribution in [2.24, 2.45) is 0 Å². The zero-order chi connectivity index (χ0) is 16.5. The highest BCUT2D eigenvalue weighted by Gasteiger charge is 2.06. The van der Waals surface area contributed by atoms with E-state index in [1.165, 1.54) is 5.56 Å². The van der Waals surface area contributed by atoms with Crippen LogP contribution in [-0.2, 0) is 6.42 Å². The maximum Gasteiger partial charge on any atom is 0.252 e. The zero-order valence-electron chi connectivity index (χ0n) is 13.3. The van der Waals surface area contributed by atoms with E-state index < -0.39 is 0 Å². The van der Waals surface area contributed by atoms with Gasteiger partial charge in [-0.2, -0.15) is 0 Å². The van der Waals surface area contributed by atoms with Gasteiger partial charge in [-0.15, -0.1) is 0 Å². The molecule has 0 fully saturated rings. The molecule has 122 valence electrons. The molecule has 0 atom stereocenters. The molecule has 0 aliphatic heterocycles. The summed E-state index contributed by atoms with van der Waals surface area (Å²) in [6, 6.07) is 9.63. The van der Waals surface area contributed by atoms with Gasteiger partial charge >= 0.3 is 0 Å². The van der Waals surface area contributed by atoms with E-state index in [-0.39, 0.29) is 5.91 Å². The fourth-order valence-corrected chi connectivity index (χ4v) is 2.27. The fourth-order valence-electron chi connectivity index (χ4n) is 2.14. The van der Waals surface area contributed by atoms with Gasteiger partial charge in [0.15, 0.2) is 0 Å². The number of carbonyl (C=O) groups excluding carboxylic acids is 1. The van der Waals surface area contributed by atoms with E-state index in [2.05, 4.69) is 22.5 Å². The van der Waals surface area contributed by atoms with Crippen LogP contribution in [0.4, 0.5) is 5.69 Å². The SMILES string of the molecule is CCCCNC(=O)c1cncc(NCCc2ccc(Cl)cc2)c1. The molecular formula is C18H22ClN3O. The number of nitrogens with zero attached hydrogens (tertiary/aromatic N) is 1. The number of carbonyl (C=O) groups is 1. The molecule has 0 unspecified atom stereocenters. The number of pyridine rings is 1. The first-order valence-corrected chi connectivity index (χ1v) is 8.28. The molecule has 23 heavy (non-hydrogen) atoms. The van der Waals surface area contributed by atoms with Gasteiger partial charge in [-0.05, 0) is 36.6 Å². The lowest BCUT2D eigenvalue weighted by Gasteiger charge is -2.08. The Balaban J connectivity index is 1.84. The topological polar surface area (TPSA) is 54.0 Å². The van der Waals surface area contributed by atoms with Crippen molar-refractivity contribution in [1.82, 2.24) is 10.3 Å². The molecule has 0 saturated carbocycles. The summed E-state index contributed by atoms with van der Waals surface area (Å²) < 4.78 is 0. The van der Waals surface area contributed by atoms with Gasteiger partial charge in [-0.25, -0.2) is 0 Å². The van der Waals surface area contributed by atoms with Gasteiger partial charge in [-0.1, -0.05) is 37.1 Å². The molecule has 4 nitrogen and oxygen atoms in total. The van der Waals surface area contributed by atoms with E-state index in [1.807, 2.05) is 30.3 Å². The quantitative estimate of drug-likeness (QED) is 0.721. The van der Waals surface area contributed by atoms with Gasteiger partial charge in [0, 0.05) is 30.5 Å². The van der Waals surface area contributed by atoms with Crippen molar-refractivity contribution in [3.8, 4) is 0 Å². The maximum absolute atomic E-state index is 12.0. The molecule has 1 aromatic carbocycles. The van der Waals surface area contributed by atoms with Crippen molar-refractivity contribution in [1.29, 1.82) is 0 Å². The van der Waals surface area contributed by atoms with E-state index in [1.54, 1.807) is 12.4 Å². The number of unbranched alkanes of at least 4 members (excludes halogenated alkanes) is 1. The number of rotatable bonds is 8. The lowest BCUT2D eigenvalue weighted by Crippen LogP contribution is -2.24. The van der Waals surface area contributed by atoms with Gasteiger partial charge in [0.2, 0.25) is 0 Å². The summed E-state index contributed by atoms with van der Waals surface area (Å²) in [5.74, 6) is -0.0766. The summed E-state index contributed by atoms with van der Waals surface area (Å²) in [5.41, 5.74) is 2.64. The zero-order valence-corrected chi connectivity index (χ0v) is 14.1. The van der Waals surface area contributed by atoms with E-state index in [0.717, 1.165) is 36.5 Å². The number of amides is 1. The second kappa shape index (κ2) is 9.16. The minimum absolute atomic E-state index is 0.0766. The third-order valence-electron chi connectivity index (χ3n) is 3.47. The molecule has 1 aromatic heterocycles. The predicted molar refractivity (Wildman–Crippen MR) is 95.1 cm³/mol. The first kappa shape index (κ1) is 17.3. The van der Waals surface area contributed by atoms with Crippen LogP contribution in [0.3, 0.4) is 0 Å². The van der Waals surface area contributed by atoms with Crippen molar-refractivity contribution in [2.75, 3.05) is 18.4 Å². The Hall–Kier alpha value is -2.07. The average molecular weight is 332 g/mol. The second-order valence-corrected chi connectivity index (χ2v) is 5.81. The van der Waals surface area contributed by atoms with Gasteiger partial charge in [0.25, 0.3) is 5.91 Å². The molecule has 2 N–H and O–H groups in total. The Morgan fingerprint density at radius 3 is 2.70 bits per heavy atom. The van der Waals surface area contributed by atoms with Crippen LogP contribution in [0, 0.1) is 0 Å². The molecule has 0 saturated heterocycles. The van der Waals surface area contributed by atoms with Crippen molar-refractivity contribution < 1.29 is 4.79 Å². The van der Waals surface area contributed by atoms with Crippen LogP contribution in [0.1, 0.15) is 35.7 Å². The van der Waals surface area contributed by atoms with Crippen LogP contribution in [-0.4, -0.2) is 24.0 Å². The first-order chi connectivity index (χ1) is 11.2. The molecule has 5 heteroatoms. The molecule has 0 aliphatic rings. The average Bonchev–Trinajstić information content (AvgIpc) is 2.57. The maximum atomic E-state index is 12.0. The fraction of sp³-hybridized carbons (Fsp3) is 0.333. The Bertz CT molecular complexity index is 628. The second-order valence-electron chi connectivity index (χ2n) is 5.37. The van der Waals surface area contributed by atoms with E-state index >= 15 is 0 Å². The van der Waals surface area contributed by atoms with E-state index in [0.29, 0.717) is 12.1 Å². The molecule has 0 aliphatic carbocycles. The number of halogens is 1. The molecule has 1 heterocycles. The number of anilines is 1. The smallest absolute Gasteiger partial charge is 0.252 e. The monoisotopic (exact) mass is 331 g/mol. The molecule has 1 amide bonds. The minimum atomic E-state index is -0.0766. The highest BCUT2D eigenvalue weighted by molar-refractivity contribution is 6.30. The van der Waals surface area contributed by atoms with E-state index in [4.69, 9.17) is 11.6 Å². The van der Waals surface area contributed by atoms with Crippen LogP contribution in [0.2, 0.25) is 5.02 Å². The third-order valence-corrected chi connectivity index (χ3v) is 3.72. The van der Waals surface area contributed by atoms with Crippen molar-refractivity contribution in [3.05, 3.63) is 58.9 Å². The van der Waals surface area contributed by atoms with Crippen LogP contribution in [0.5, 0.6) is 0 Å². The number of hydrogen-bond acceptors (Lipinski definition) is 3. The summed E-state index contributed by atoms with van der Waals surface area (Å²) in [4.78, 5) is 16.1. The van der Waals surface area contributed by atoms with Gasteiger partial charge in [0.1, 0.15) is 0 Å². The Labute approximate surface area is 142 Å². The summed E-state index contributed by atoms with van der Waals surface area (Å²) >= 11 is 5.87. The van der Waals surface area contributed by atoms with Crippen molar-refractivity contribution in [2.45, 2.75) is 26.2 Å². The molecule has 0 bridgehead atoms. The normalized spacial score (nSPS) is 10.3. The summed E-state index contributed by atoms with van der Waals surface area (Å²) in [7, 11) is 0. The molecule has 2 aromatic rings. The summed E-state index contributed by atoms with van der Waals surface area (Å²) in [6.45, 7) is 3.56. The number of hydrogen-bond donors (Lipinski definition) is 2. The summed E-state index contributed by atoms with van der Waals surface area (Å²) in [6.07, 6.45) is 6.24. The molecule has 0 radical (unpaired) electrons. The standard InChI is InChI=1S/C18H22ClN3O/c1-2-3-9-22-18(23)15-11-17(13-20-12-15)21-10-8-14-4-6-16(19)7-5-14/h4-7,11-13,21H,2-3,8-10H2,1H3,(H,22,23). The highest BCUT2D eigenvalue weighted by Crippen LogP contribution is 2.11. The van der Waals surface area contributed by atoms with Gasteiger partial charge in [-0.3, -0.25) is 9.78 Å². The Kier molecular flexibility index (Phi) is 6.88. The van der Waals surface area contributed by atoms with Crippen LogP contribution in [0.25, 0.3) is 0 Å². The highest BCUT2D eigenvalue weighted by atomic mass is 35.5. The van der Waals surface area contributed by atoms with Crippen molar-refractivity contribution in [3.63, 3.8) is 0 Å². The number of nitrogens with one attached hydrogen (secondary N) is 2. The Morgan fingerprint density at radius 1 is 1.17 bits per heavy atom. The molecular weight excluding hydrogens is 310 g/mol. The lowest BCUT2D eigenvalue weighted by molar-refractivity contribution is 0.0953.